The van der Waals surface area contributed by atoms with Gasteiger partial charge in [-0.2, -0.15) is 0 Å². The topological polar surface area (TPSA) is 79.9 Å². The molecule has 2 N–H and O–H groups in total. The first kappa shape index (κ1) is 25.0. The van der Waals surface area contributed by atoms with Crippen LogP contribution in [0.2, 0.25) is 0 Å². The molecule has 0 saturated carbocycles. The van der Waals surface area contributed by atoms with Crippen molar-refractivity contribution in [1.29, 1.82) is 0 Å². The Labute approximate surface area is 222 Å². The van der Waals surface area contributed by atoms with Gasteiger partial charge < -0.3 is 25.0 Å². The van der Waals surface area contributed by atoms with E-state index in [1.807, 2.05) is 72.8 Å². The van der Waals surface area contributed by atoms with Crippen molar-refractivity contribution < 1.29 is 19.1 Å². The molecule has 0 atom stereocenters. The lowest BCUT2D eigenvalue weighted by molar-refractivity contribution is 0.101. The number of carbonyl (C=O) groups excluding carboxylic acids is 2. The van der Waals surface area contributed by atoms with Gasteiger partial charge in [-0.3, -0.25) is 9.59 Å². The number of carbonyl (C=O) groups is 2. The van der Waals surface area contributed by atoms with Gasteiger partial charge in [-0.25, -0.2) is 0 Å². The maximum atomic E-state index is 13.1. The number of nitrogens with one attached hydrogen (secondary N) is 2. The van der Waals surface area contributed by atoms with E-state index in [0.29, 0.717) is 61.2 Å². The second kappa shape index (κ2) is 12.1. The second-order valence-electron chi connectivity index (χ2n) is 8.88. The SMILES string of the molecule is O=C(Nc1cc(N2CCOCC2)c(NC(=O)c2ccccc2)cc1OCc1ccccc1)c1ccccc1. The summed E-state index contributed by atoms with van der Waals surface area (Å²) in [5.41, 5.74) is 3.98. The minimum absolute atomic E-state index is 0.227. The van der Waals surface area contributed by atoms with Gasteiger partial charge in [0.15, 0.2) is 0 Å². The molecule has 1 fully saturated rings. The van der Waals surface area contributed by atoms with Crippen LogP contribution >= 0.6 is 0 Å². The lowest BCUT2D eigenvalue weighted by Crippen LogP contribution is -2.37. The third-order valence-electron chi connectivity index (χ3n) is 6.26. The van der Waals surface area contributed by atoms with Crippen LogP contribution in [0.25, 0.3) is 0 Å². The van der Waals surface area contributed by atoms with Crippen LogP contribution in [0.5, 0.6) is 5.75 Å². The fourth-order valence-corrected chi connectivity index (χ4v) is 4.25. The van der Waals surface area contributed by atoms with E-state index >= 15 is 0 Å². The Morgan fingerprint density at radius 1 is 0.711 bits per heavy atom. The normalized spacial score (nSPS) is 13.0. The van der Waals surface area contributed by atoms with Crippen molar-refractivity contribution in [3.63, 3.8) is 0 Å². The smallest absolute Gasteiger partial charge is 0.255 e. The third kappa shape index (κ3) is 6.19. The number of hydrogen-bond acceptors (Lipinski definition) is 5. The summed E-state index contributed by atoms with van der Waals surface area (Å²) < 4.78 is 11.8. The molecule has 0 unspecified atom stereocenters. The third-order valence-corrected chi connectivity index (χ3v) is 6.26. The van der Waals surface area contributed by atoms with Gasteiger partial charge in [0.25, 0.3) is 11.8 Å². The number of morpholine rings is 1. The Morgan fingerprint density at radius 2 is 1.24 bits per heavy atom. The number of rotatable bonds is 8. The number of amides is 2. The van der Waals surface area contributed by atoms with E-state index in [0.717, 1.165) is 11.3 Å². The van der Waals surface area contributed by atoms with Crippen LogP contribution in [-0.2, 0) is 11.3 Å². The highest BCUT2D eigenvalue weighted by molar-refractivity contribution is 6.08. The molecule has 4 aromatic rings. The van der Waals surface area contributed by atoms with Gasteiger partial charge in [0.2, 0.25) is 0 Å². The Kier molecular flexibility index (Phi) is 7.96. The molecule has 1 aliphatic heterocycles. The monoisotopic (exact) mass is 507 g/mol. The summed E-state index contributed by atoms with van der Waals surface area (Å²) in [6.45, 7) is 2.76. The standard InChI is InChI=1S/C31H29N3O4/c35-30(24-12-6-2-7-13-24)32-26-21-29(38-22-23-10-4-1-5-11-23)27(20-28(26)34-16-18-37-19-17-34)33-31(36)25-14-8-3-9-15-25/h1-15,20-21H,16-19,22H2,(H,32,35)(H,33,36). The van der Waals surface area contributed by atoms with Gasteiger partial charge in [0.05, 0.1) is 30.3 Å². The van der Waals surface area contributed by atoms with Crippen molar-refractivity contribution in [2.45, 2.75) is 6.61 Å². The molecule has 1 heterocycles. The van der Waals surface area contributed by atoms with Gasteiger partial charge in [0, 0.05) is 30.3 Å². The first-order valence-electron chi connectivity index (χ1n) is 12.6. The highest BCUT2D eigenvalue weighted by Gasteiger charge is 2.21. The predicted molar refractivity (Wildman–Crippen MR) is 149 cm³/mol. The summed E-state index contributed by atoms with van der Waals surface area (Å²) in [4.78, 5) is 28.4. The molecule has 0 radical (unpaired) electrons. The van der Waals surface area contributed by atoms with Crippen molar-refractivity contribution in [2.75, 3.05) is 41.8 Å². The molecule has 1 saturated heterocycles. The fraction of sp³-hybridized carbons (Fsp3) is 0.161. The molecule has 5 rings (SSSR count). The molecule has 4 aromatic carbocycles. The Morgan fingerprint density at radius 3 is 1.82 bits per heavy atom. The average Bonchev–Trinajstić information content (AvgIpc) is 2.98. The molecule has 192 valence electrons. The molecule has 1 aliphatic rings. The maximum Gasteiger partial charge on any atom is 0.255 e. The number of benzene rings is 4. The van der Waals surface area contributed by atoms with Crippen LogP contribution in [0.15, 0.2) is 103 Å². The molecular formula is C31H29N3O4. The summed E-state index contributed by atoms with van der Waals surface area (Å²) >= 11 is 0. The van der Waals surface area contributed by atoms with Crippen LogP contribution < -0.4 is 20.3 Å². The first-order valence-corrected chi connectivity index (χ1v) is 12.6. The summed E-state index contributed by atoms with van der Waals surface area (Å²) in [5, 5.41) is 6.08. The van der Waals surface area contributed by atoms with Crippen LogP contribution in [0, 0.1) is 0 Å². The van der Waals surface area contributed by atoms with Crippen LogP contribution in [0.3, 0.4) is 0 Å². The number of nitrogens with zero attached hydrogens (tertiary/aromatic N) is 1. The van der Waals surface area contributed by atoms with Crippen LogP contribution in [-0.4, -0.2) is 38.1 Å². The quantitative estimate of drug-likeness (QED) is 0.324. The van der Waals surface area contributed by atoms with Gasteiger partial charge in [-0.05, 0) is 35.9 Å². The molecule has 0 aliphatic carbocycles. The summed E-state index contributed by atoms with van der Waals surface area (Å²) in [6, 6.07) is 31.5. The Bertz CT molecular complexity index is 1370. The van der Waals surface area contributed by atoms with Crippen molar-refractivity contribution in [3.05, 3.63) is 120 Å². The average molecular weight is 508 g/mol. The fourth-order valence-electron chi connectivity index (χ4n) is 4.25. The lowest BCUT2D eigenvalue weighted by atomic mass is 10.1. The zero-order chi connectivity index (χ0) is 26.2. The zero-order valence-electron chi connectivity index (χ0n) is 20.9. The van der Waals surface area contributed by atoms with Gasteiger partial charge in [0.1, 0.15) is 12.4 Å². The highest BCUT2D eigenvalue weighted by atomic mass is 16.5. The summed E-state index contributed by atoms with van der Waals surface area (Å²) in [7, 11) is 0. The van der Waals surface area contributed by atoms with Crippen LogP contribution in [0.4, 0.5) is 17.1 Å². The van der Waals surface area contributed by atoms with Crippen molar-refractivity contribution in [3.8, 4) is 5.75 Å². The van der Waals surface area contributed by atoms with E-state index in [1.165, 1.54) is 0 Å². The van der Waals surface area contributed by atoms with E-state index < -0.39 is 0 Å². The Balaban J connectivity index is 1.52. The van der Waals surface area contributed by atoms with E-state index in [9.17, 15) is 9.59 Å². The van der Waals surface area contributed by atoms with Crippen molar-refractivity contribution >= 4 is 28.9 Å². The minimum Gasteiger partial charge on any atom is -0.487 e. The maximum absolute atomic E-state index is 13.1. The summed E-state index contributed by atoms with van der Waals surface area (Å²) in [5.74, 6) is -0.0159. The molecular weight excluding hydrogens is 478 g/mol. The molecule has 7 heteroatoms. The zero-order valence-corrected chi connectivity index (χ0v) is 20.9. The van der Waals surface area contributed by atoms with E-state index in [4.69, 9.17) is 9.47 Å². The predicted octanol–water partition coefficient (Wildman–Crippen LogP) is 5.61. The number of hydrogen-bond donors (Lipinski definition) is 2. The molecule has 38 heavy (non-hydrogen) atoms. The summed E-state index contributed by atoms with van der Waals surface area (Å²) in [6.07, 6.45) is 0. The van der Waals surface area contributed by atoms with Crippen LogP contribution in [0.1, 0.15) is 26.3 Å². The first-order chi connectivity index (χ1) is 18.7. The van der Waals surface area contributed by atoms with E-state index in [-0.39, 0.29) is 11.8 Å². The molecule has 2 amide bonds. The van der Waals surface area contributed by atoms with E-state index in [2.05, 4.69) is 15.5 Å². The van der Waals surface area contributed by atoms with Crippen molar-refractivity contribution in [1.82, 2.24) is 0 Å². The number of anilines is 3. The highest BCUT2D eigenvalue weighted by Crippen LogP contribution is 2.38. The van der Waals surface area contributed by atoms with Crippen molar-refractivity contribution in [2.24, 2.45) is 0 Å². The van der Waals surface area contributed by atoms with Gasteiger partial charge in [-0.1, -0.05) is 66.7 Å². The van der Waals surface area contributed by atoms with Gasteiger partial charge >= 0.3 is 0 Å². The number of ether oxygens (including phenoxy) is 2. The second-order valence-corrected chi connectivity index (χ2v) is 8.88. The molecule has 7 nitrogen and oxygen atoms in total. The minimum atomic E-state index is -0.246. The lowest BCUT2D eigenvalue weighted by Gasteiger charge is -2.31. The van der Waals surface area contributed by atoms with E-state index in [1.54, 1.807) is 30.3 Å². The molecule has 0 bridgehead atoms. The van der Waals surface area contributed by atoms with Gasteiger partial charge in [-0.15, -0.1) is 0 Å². The Hall–Kier alpha value is -4.62. The molecule has 0 aromatic heterocycles. The largest absolute Gasteiger partial charge is 0.487 e. The molecule has 0 spiro atoms.